The van der Waals surface area contributed by atoms with Gasteiger partial charge in [0.25, 0.3) is 17.5 Å². The number of esters is 1. The molecule has 0 saturated carbocycles. The lowest BCUT2D eigenvalue weighted by molar-refractivity contribution is -0.384. The fourth-order valence-corrected chi connectivity index (χ4v) is 3.04. The second kappa shape index (κ2) is 8.24. The van der Waals surface area contributed by atoms with E-state index in [0.29, 0.717) is 18.6 Å². The van der Waals surface area contributed by atoms with Crippen LogP contribution in [0.5, 0.6) is 0 Å². The van der Waals surface area contributed by atoms with Crippen molar-refractivity contribution in [1.82, 2.24) is 0 Å². The van der Waals surface area contributed by atoms with Gasteiger partial charge in [-0.3, -0.25) is 19.7 Å². The first-order chi connectivity index (χ1) is 13.8. The van der Waals surface area contributed by atoms with Crippen molar-refractivity contribution in [3.8, 4) is 0 Å². The van der Waals surface area contributed by atoms with E-state index < -0.39 is 22.7 Å². The summed E-state index contributed by atoms with van der Waals surface area (Å²) in [4.78, 5) is 48.4. The van der Waals surface area contributed by atoms with E-state index in [2.05, 4.69) is 0 Å². The SMILES string of the molecule is CCCOC(=O)c1ccc(N2C(=O)C(Cl)=C(c3ccc([N+](=O)[O-])cc3)C2=O)cc1. The Morgan fingerprint density at radius 1 is 1.07 bits per heavy atom. The number of hydrogen-bond acceptors (Lipinski definition) is 6. The smallest absolute Gasteiger partial charge is 0.338 e. The quantitative estimate of drug-likeness (QED) is 0.309. The molecule has 2 aromatic rings. The summed E-state index contributed by atoms with van der Waals surface area (Å²) in [5.41, 5.74) is 0.627. The Morgan fingerprint density at radius 3 is 2.24 bits per heavy atom. The Kier molecular flexibility index (Phi) is 5.74. The molecule has 0 spiro atoms. The van der Waals surface area contributed by atoms with Crippen LogP contribution < -0.4 is 4.90 Å². The fraction of sp³-hybridized carbons (Fsp3) is 0.150. The molecule has 0 aromatic heterocycles. The Bertz CT molecular complexity index is 1030. The molecule has 0 radical (unpaired) electrons. The number of halogens is 1. The van der Waals surface area contributed by atoms with Gasteiger partial charge in [0.15, 0.2) is 0 Å². The van der Waals surface area contributed by atoms with E-state index in [1.807, 2.05) is 6.92 Å². The van der Waals surface area contributed by atoms with Gasteiger partial charge in [-0.15, -0.1) is 0 Å². The zero-order valence-corrected chi connectivity index (χ0v) is 16.0. The molecule has 29 heavy (non-hydrogen) atoms. The zero-order valence-electron chi connectivity index (χ0n) is 15.3. The first-order valence-electron chi connectivity index (χ1n) is 8.65. The Morgan fingerprint density at radius 2 is 1.69 bits per heavy atom. The summed E-state index contributed by atoms with van der Waals surface area (Å²) in [6, 6.07) is 11.0. The minimum Gasteiger partial charge on any atom is -0.462 e. The first kappa shape index (κ1) is 20.2. The largest absolute Gasteiger partial charge is 0.462 e. The maximum Gasteiger partial charge on any atom is 0.338 e. The van der Waals surface area contributed by atoms with Gasteiger partial charge < -0.3 is 4.74 Å². The van der Waals surface area contributed by atoms with E-state index in [1.165, 1.54) is 48.5 Å². The molecule has 0 unspecified atom stereocenters. The van der Waals surface area contributed by atoms with Crippen molar-refractivity contribution in [1.29, 1.82) is 0 Å². The highest BCUT2D eigenvalue weighted by molar-refractivity contribution is 6.60. The summed E-state index contributed by atoms with van der Waals surface area (Å²) in [7, 11) is 0. The van der Waals surface area contributed by atoms with Crippen LogP contribution in [0.15, 0.2) is 53.6 Å². The number of non-ortho nitro benzene ring substituents is 1. The fourth-order valence-electron chi connectivity index (χ4n) is 2.76. The van der Waals surface area contributed by atoms with Crippen molar-refractivity contribution in [2.24, 2.45) is 0 Å². The van der Waals surface area contributed by atoms with Gasteiger partial charge in [0.2, 0.25) is 0 Å². The minimum absolute atomic E-state index is 0.0435. The zero-order chi connectivity index (χ0) is 21.1. The molecule has 0 fully saturated rings. The van der Waals surface area contributed by atoms with Crippen LogP contribution in [0.25, 0.3) is 5.57 Å². The average molecular weight is 415 g/mol. The van der Waals surface area contributed by atoms with E-state index in [4.69, 9.17) is 16.3 Å². The van der Waals surface area contributed by atoms with E-state index in [-0.39, 0.29) is 27.5 Å². The number of nitro benzene ring substituents is 1. The molecular formula is C20H15ClN2O6. The Balaban J connectivity index is 1.86. The monoisotopic (exact) mass is 414 g/mol. The molecule has 0 aliphatic carbocycles. The highest BCUT2D eigenvalue weighted by Crippen LogP contribution is 2.35. The van der Waals surface area contributed by atoms with Crippen molar-refractivity contribution < 1.29 is 24.0 Å². The van der Waals surface area contributed by atoms with Gasteiger partial charge in [0.05, 0.1) is 28.4 Å². The summed E-state index contributed by atoms with van der Waals surface area (Å²) < 4.78 is 5.04. The number of rotatable bonds is 6. The number of anilines is 1. The maximum atomic E-state index is 12.8. The molecule has 3 rings (SSSR count). The van der Waals surface area contributed by atoms with Crippen molar-refractivity contribution in [3.63, 3.8) is 0 Å². The number of imide groups is 1. The molecule has 8 nitrogen and oxygen atoms in total. The van der Waals surface area contributed by atoms with Gasteiger partial charge in [0, 0.05) is 12.1 Å². The number of nitro groups is 1. The summed E-state index contributed by atoms with van der Waals surface area (Å²) >= 11 is 6.10. The van der Waals surface area contributed by atoms with Gasteiger partial charge in [-0.2, -0.15) is 0 Å². The molecule has 2 aromatic carbocycles. The summed E-state index contributed by atoms with van der Waals surface area (Å²) in [6.07, 6.45) is 0.691. The maximum absolute atomic E-state index is 12.8. The van der Waals surface area contributed by atoms with Crippen LogP contribution in [0.2, 0.25) is 0 Å². The molecule has 9 heteroatoms. The number of nitrogens with zero attached hydrogens (tertiary/aromatic N) is 2. The third-order valence-electron chi connectivity index (χ3n) is 4.19. The molecule has 0 saturated heterocycles. The van der Waals surface area contributed by atoms with Crippen molar-refractivity contribution >= 4 is 46.3 Å². The minimum atomic E-state index is -0.716. The molecule has 0 N–H and O–H groups in total. The standard InChI is InChI=1S/C20H15ClN2O6/c1-2-11-29-20(26)13-5-7-14(8-6-13)22-18(24)16(17(21)19(22)25)12-3-9-15(10-4-12)23(27)28/h3-10H,2,11H2,1H3. The van der Waals surface area contributed by atoms with Crippen LogP contribution in [-0.2, 0) is 14.3 Å². The van der Waals surface area contributed by atoms with E-state index >= 15 is 0 Å². The molecular weight excluding hydrogens is 400 g/mol. The Hall–Kier alpha value is -3.52. The van der Waals surface area contributed by atoms with E-state index in [9.17, 15) is 24.5 Å². The lowest BCUT2D eigenvalue weighted by Gasteiger charge is -2.15. The summed E-state index contributed by atoms with van der Waals surface area (Å²) in [6.45, 7) is 2.17. The van der Waals surface area contributed by atoms with E-state index in [0.717, 1.165) is 4.90 Å². The van der Waals surface area contributed by atoms with Crippen LogP contribution in [-0.4, -0.2) is 29.3 Å². The second-order valence-electron chi connectivity index (χ2n) is 6.12. The van der Waals surface area contributed by atoms with Crippen molar-refractivity contribution in [2.75, 3.05) is 11.5 Å². The highest BCUT2D eigenvalue weighted by atomic mass is 35.5. The van der Waals surface area contributed by atoms with Crippen LogP contribution in [0.3, 0.4) is 0 Å². The number of amides is 2. The predicted molar refractivity (Wildman–Crippen MR) is 105 cm³/mol. The normalized spacial score (nSPS) is 13.8. The van der Waals surface area contributed by atoms with Crippen LogP contribution in [0.1, 0.15) is 29.3 Å². The van der Waals surface area contributed by atoms with Crippen molar-refractivity contribution in [2.45, 2.75) is 13.3 Å². The van der Waals surface area contributed by atoms with Crippen LogP contribution in [0, 0.1) is 10.1 Å². The number of hydrogen-bond donors (Lipinski definition) is 0. The summed E-state index contributed by atoms with van der Waals surface area (Å²) in [5.74, 6) is -1.87. The summed E-state index contributed by atoms with van der Waals surface area (Å²) in [5, 5.41) is 10.5. The molecule has 2 amide bonds. The lowest BCUT2D eigenvalue weighted by atomic mass is 10.1. The van der Waals surface area contributed by atoms with Crippen molar-refractivity contribution in [3.05, 3.63) is 74.8 Å². The van der Waals surface area contributed by atoms with Crippen LogP contribution >= 0.6 is 11.6 Å². The molecule has 1 heterocycles. The Labute approximate surface area is 170 Å². The van der Waals surface area contributed by atoms with Gasteiger partial charge in [-0.25, -0.2) is 9.69 Å². The highest BCUT2D eigenvalue weighted by Gasteiger charge is 2.39. The predicted octanol–water partition coefficient (Wildman–Crippen LogP) is 3.68. The molecule has 1 aliphatic heterocycles. The van der Waals surface area contributed by atoms with Crippen LogP contribution in [0.4, 0.5) is 11.4 Å². The molecule has 0 atom stereocenters. The molecule has 0 bridgehead atoms. The molecule has 148 valence electrons. The topological polar surface area (TPSA) is 107 Å². The number of carbonyl (C=O) groups is 3. The third-order valence-corrected chi connectivity index (χ3v) is 4.54. The van der Waals surface area contributed by atoms with Gasteiger partial charge in [0.1, 0.15) is 5.03 Å². The number of benzene rings is 2. The first-order valence-corrected chi connectivity index (χ1v) is 9.03. The number of ether oxygens (including phenoxy) is 1. The lowest BCUT2D eigenvalue weighted by Crippen LogP contribution is -2.31. The van der Waals surface area contributed by atoms with Gasteiger partial charge >= 0.3 is 5.97 Å². The second-order valence-corrected chi connectivity index (χ2v) is 6.50. The van der Waals surface area contributed by atoms with Gasteiger partial charge in [-0.05, 0) is 48.4 Å². The van der Waals surface area contributed by atoms with E-state index in [1.54, 1.807) is 0 Å². The average Bonchev–Trinajstić information content (AvgIpc) is 2.94. The van der Waals surface area contributed by atoms with Gasteiger partial charge in [-0.1, -0.05) is 18.5 Å². The third kappa shape index (κ3) is 3.88. The molecule has 1 aliphatic rings. The number of carbonyl (C=O) groups excluding carboxylic acids is 3.